The lowest BCUT2D eigenvalue weighted by atomic mass is 9.94. The normalized spacial score (nSPS) is 15.8. The molecule has 0 aliphatic carbocycles. The summed E-state index contributed by atoms with van der Waals surface area (Å²) in [6, 6.07) is 12.1. The van der Waals surface area contributed by atoms with E-state index in [9.17, 15) is 14.0 Å². The van der Waals surface area contributed by atoms with E-state index in [1.54, 1.807) is 18.3 Å². The van der Waals surface area contributed by atoms with Gasteiger partial charge in [-0.25, -0.2) is 9.37 Å². The molecule has 3 N–H and O–H groups in total. The van der Waals surface area contributed by atoms with Crippen molar-refractivity contribution in [1.82, 2.24) is 24.8 Å². The van der Waals surface area contributed by atoms with Crippen molar-refractivity contribution in [3.8, 4) is 11.4 Å². The second-order valence-electron chi connectivity index (χ2n) is 11.6. The Bertz CT molecular complexity index is 1600. The fraction of sp³-hybridized carbons (Fsp3) is 0.387. The zero-order valence-electron chi connectivity index (χ0n) is 23.0. The third-order valence-electron chi connectivity index (χ3n) is 7.92. The van der Waals surface area contributed by atoms with Gasteiger partial charge in [-0.1, -0.05) is 12.1 Å². The van der Waals surface area contributed by atoms with Crippen molar-refractivity contribution in [1.29, 1.82) is 0 Å². The minimum atomic E-state index is -0.432. The quantitative estimate of drug-likeness (QED) is 0.279. The molecule has 0 spiro atoms. The van der Waals surface area contributed by atoms with Crippen molar-refractivity contribution in [3.63, 3.8) is 0 Å². The van der Waals surface area contributed by atoms with Gasteiger partial charge in [-0.15, -0.1) is 0 Å². The summed E-state index contributed by atoms with van der Waals surface area (Å²) < 4.78 is 13.4. The van der Waals surface area contributed by atoms with E-state index in [4.69, 9.17) is 4.98 Å². The van der Waals surface area contributed by atoms with Crippen molar-refractivity contribution in [3.05, 3.63) is 81.5 Å². The molecule has 1 amide bonds. The van der Waals surface area contributed by atoms with Crippen LogP contribution < -0.4 is 10.9 Å². The van der Waals surface area contributed by atoms with Crippen LogP contribution >= 0.6 is 0 Å². The van der Waals surface area contributed by atoms with E-state index in [0.29, 0.717) is 35.6 Å². The van der Waals surface area contributed by atoms with Gasteiger partial charge in [-0.3, -0.25) is 9.59 Å². The molecule has 2 aromatic carbocycles. The first-order valence-corrected chi connectivity index (χ1v) is 14.0. The number of rotatable bonds is 9. The summed E-state index contributed by atoms with van der Waals surface area (Å²) in [5.41, 5.74) is 4.44. The van der Waals surface area contributed by atoms with Crippen LogP contribution in [0.15, 0.2) is 53.5 Å². The number of anilines is 1. The topological polar surface area (TPSA) is 97.1 Å². The molecule has 6 rings (SSSR count). The molecule has 0 atom stereocenters. The van der Waals surface area contributed by atoms with Gasteiger partial charge in [0.25, 0.3) is 11.5 Å². The second kappa shape index (κ2) is 10.5. The van der Waals surface area contributed by atoms with Crippen LogP contribution in [0.1, 0.15) is 54.6 Å². The average Bonchev–Trinajstić information content (AvgIpc) is 3.64. The molecule has 2 aliphatic rings. The third kappa shape index (κ3) is 5.38. The molecule has 208 valence electrons. The Labute approximate surface area is 232 Å². The first-order chi connectivity index (χ1) is 19.3. The standard InChI is InChI=1S/C31H35FN6O2/c1-31(2,18-20-6-8-22(32)9-7-20)36-24-10-11-33-29(39)27(24)28-34-25-16-21-19-38(15-5-14-37-12-3-4-13-37)30(40)23(21)17-26(25)35-28/h6-11,16-17H,3-5,12-15,18-19H2,1-2H3,(H,34,35)(H2,33,36,39). The van der Waals surface area contributed by atoms with Crippen LogP contribution in [0.2, 0.25) is 0 Å². The maximum Gasteiger partial charge on any atom is 0.261 e. The summed E-state index contributed by atoms with van der Waals surface area (Å²) in [6.07, 6.45) is 5.76. The van der Waals surface area contributed by atoms with Crippen molar-refractivity contribution >= 4 is 22.6 Å². The number of amides is 1. The molecule has 9 heteroatoms. The Balaban J connectivity index is 1.22. The molecular formula is C31H35FN6O2. The molecule has 0 radical (unpaired) electrons. The first kappa shape index (κ1) is 26.3. The van der Waals surface area contributed by atoms with E-state index in [1.807, 2.05) is 36.9 Å². The molecule has 0 saturated carbocycles. The molecule has 1 fully saturated rings. The molecule has 2 aliphatic heterocycles. The summed E-state index contributed by atoms with van der Waals surface area (Å²) in [4.78, 5) is 41.4. The smallest absolute Gasteiger partial charge is 0.261 e. The number of likely N-dealkylation sites (tertiary alicyclic amines) is 1. The fourth-order valence-electron chi connectivity index (χ4n) is 6.01. The van der Waals surface area contributed by atoms with Gasteiger partial charge in [0.2, 0.25) is 0 Å². The highest BCUT2D eigenvalue weighted by molar-refractivity contribution is 6.02. The SMILES string of the molecule is CC(C)(Cc1ccc(F)cc1)Nc1cc[nH]c(=O)c1-c1nc2cc3c(cc2[nH]1)C(=O)N(CCCN1CCCC1)C3. The molecular weight excluding hydrogens is 507 g/mol. The number of hydrogen-bond donors (Lipinski definition) is 3. The molecule has 0 bridgehead atoms. The van der Waals surface area contributed by atoms with Gasteiger partial charge in [-0.2, -0.15) is 0 Å². The number of imidazole rings is 1. The highest BCUT2D eigenvalue weighted by Crippen LogP contribution is 2.31. The lowest BCUT2D eigenvalue weighted by Crippen LogP contribution is -2.34. The summed E-state index contributed by atoms with van der Waals surface area (Å²) in [5.74, 6) is 0.224. The zero-order valence-corrected chi connectivity index (χ0v) is 23.0. The predicted molar refractivity (Wildman–Crippen MR) is 155 cm³/mol. The number of nitrogens with zero attached hydrogens (tertiary/aromatic N) is 3. The van der Waals surface area contributed by atoms with Gasteiger partial charge in [-0.05, 0) is 101 Å². The number of carbonyl (C=O) groups is 1. The summed E-state index contributed by atoms with van der Waals surface area (Å²) in [7, 11) is 0. The molecule has 1 saturated heterocycles. The summed E-state index contributed by atoms with van der Waals surface area (Å²) in [5, 5.41) is 3.49. The van der Waals surface area contributed by atoms with E-state index in [0.717, 1.165) is 41.7 Å². The fourth-order valence-corrected chi connectivity index (χ4v) is 6.01. The Morgan fingerprint density at radius 2 is 1.82 bits per heavy atom. The molecule has 40 heavy (non-hydrogen) atoms. The number of H-pyrrole nitrogens is 2. The molecule has 4 heterocycles. The van der Waals surface area contributed by atoms with Crippen LogP contribution in [0.4, 0.5) is 10.1 Å². The number of carbonyl (C=O) groups excluding carboxylic acids is 1. The lowest BCUT2D eigenvalue weighted by molar-refractivity contribution is 0.0772. The van der Waals surface area contributed by atoms with Crippen LogP contribution in [-0.2, 0) is 13.0 Å². The Hall–Kier alpha value is -3.98. The van der Waals surface area contributed by atoms with Gasteiger partial charge < -0.3 is 25.1 Å². The number of pyridine rings is 1. The first-order valence-electron chi connectivity index (χ1n) is 14.0. The van der Waals surface area contributed by atoms with Crippen LogP contribution in [0, 0.1) is 5.82 Å². The number of fused-ring (bicyclic) bond motifs is 2. The largest absolute Gasteiger partial charge is 0.379 e. The van der Waals surface area contributed by atoms with Crippen LogP contribution in [-0.4, -0.2) is 62.4 Å². The molecule has 8 nitrogen and oxygen atoms in total. The summed E-state index contributed by atoms with van der Waals surface area (Å²) >= 11 is 0. The number of halogens is 1. The number of aromatic nitrogens is 3. The Kier molecular flexibility index (Phi) is 6.92. The molecule has 0 unspecified atom stereocenters. The maximum absolute atomic E-state index is 13.4. The average molecular weight is 543 g/mol. The van der Waals surface area contributed by atoms with Crippen LogP contribution in [0.3, 0.4) is 0 Å². The van der Waals surface area contributed by atoms with Gasteiger partial charge in [0.1, 0.15) is 17.2 Å². The van der Waals surface area contributed by atoms with Crippen molar-refractivity contribution < 1.29 is 9.18 Å². The number of nitrogens with one attached hydrogen (secondary N) is 3. The monoisotopic (exact) mass is 542 g/mol. The van der Waals surface area contributed by atoms with Gasteiger partial charge >= 0.3 is 0 Å². The van der Waals surface area contributed by atoms with E-state index >= 15 is 0 Å². The number of benzene rings is 2. The van der Waals surface area contributed by atoms with E-state index < -0.39 is 5.54 Å². The van der Waals surface area contributed by atoms with Gasteiger partial charge in [0, 0.05) is 30.4 Å². The lowest BCUT2D eigenvalue weighted by Gasteiger charge is -2.28. The van der Waals surface area contributed by atoms with Crippen molar-refractivity contribution in [2.45, 2.75) is 51.6 Å². The second-order valence-corrected chi connectivity index (χ2v) is 11.6. The number of hydrogen-bond acceptors (Lipinski definition) is 5. The Morgan fingerprint density at radius 1 is 1.05 bits per heavy atom. The highest BCUT2D eigenvalue weighted by Gasteiger charge is 2.29. The van der Waals surface area contributed by atoms with E-state index in [-0.39, 0.29) is 17.3 Å². The van der Waals surface area contributed by atoms with Crippen molar-refractivity contribution in [2.75, 3.05) is 31.5 Å². The Morgan fingerprint density at radius 3 is 2.60 bits per heavy atom. The molecule has 2 aromatic heterocycles. The highest BCUT2D eigenvalue weighted by atomic mass is 19.1. The van der Waals surface area contributed by atoms with E-state index in [1.165, 1.54) is 38.1 Å². The van der Waals surface area contributed by atoms with E-state index in [2.05, 4.69) is 20.2 Å². The van der Waals surface area contributed by atoms with Gasteiger partial charge in [0.05, 0.1) is 16.7 Å². The summed E-state index contributed by atoms with van der Waals surface area (Å²) in [6.45, 7) is 8.77. The van der Waals surface area contributed by atoms with Gasteiger partial charge in [0.15, 0.2) is 0 Å². The van der Waals surface area contributed by atoms with Crippen LogP contribution in [0.25, 0.3) is 22.4 Å². The number of aromatic amines is 2. The van der Waals surface area contributed by atoms with Crippen molar-refractivity contribution in [2.24, 2.45) is 0 Å². The predicted octanol–water partition coefficient (Wildman–Crippen LogP) is 4.93. The van der Waals surface area contributed by atoms with Crippen LogP contribution in [0.5, 0.6) is 0 Å². The third-order valence-corrected chi connectivity index (χ3v) is 7.92. The maximum atomic E-state index is 13.4. The minimum absolute atomic E-state index is 0.0527. The zero-order chi connectivity index (χ0) is 27.9. The minimum Gasteiger partial charge on any atom is -0.379 e. The molecule has 4 aromatic rings.